The van der Waals surface area contributed by atoms with Gasteiger partial charge in [-0.25, -0.2) is 0 Å². The number of hydrogen-bond donors (Lipinski definition) is 0. The maximum absolute atomic E-state index is 13.2. The lowest BCUT2D eigenvalue weighted by molar-refractivity contribution is -0.133. The molecule has 0 atom stereocenters. The van der Waals surface area contributed by atoms with Gasteiger partial charge in [0.25, 0.3) is 5.91 Å². The van der Waals surface area contributed by atoms with Crippen LogP contribution in [0.25, 0.3) is 0 Å². The van der Waals surface area contributed by atoms with Crippen molar-refractivity contribution in [1.29, 1.82) is 0 Å². The minimum Gasteiger partial charge on any atom is -0.383 e. The van der Waals surface area contributed by atoms with Crippen molar-refractivity contribution in [2.24, 2.45) is 7.05 Å². The van der Waals surface area contributed by atoms with E-state index in [-0.39, 0.29) is 29.8 Å². The van der Waals surface area contributed by atoms with Crippen LogP contribution >= 0.6 is 0 Å². The molecule has 6 nitrogen and oxygen atoms in total. The highest BCUT2D eigenvalue weighted by atomic mass is 16.5. The molecule has 168 valence electrons. The molecule has 3 rings (SSSR count). The molecule has 6 heteroatoms. The first-order valence-electron chi connectivity index (χ1n) is 11.0. The minimum atomic E-state index is -0.138. The van der Waals surface area contributed by atoms with Gasteiger partial charge in [-0.15, -0.1) is 0 Å². The van der Waals surface area contributed by atoms with E-state index in [0.717, 1.165) is 18.5 Å². The number of aromatic nitrogens is 1. The average molecular weight is 426 g/mol. The predicted molar refractivity (Wildman–Crippen MR) is 122 cm³/mol. The molecular formula is C25H35N3O3. The number of hydrogen-bond acceptors (Lipinski definition) is 3. The molecule has 1 heterocycles. The summed E-state index contributed by atoms with van der Waals surface area (Å²) in [6.45, 7) is 7.83. The smallest absolute Gasteiger partial charge is 0.254 e. The molecule has 0 bridgehead atoms. The summed E-state index contributed by atoms with van der Waals surface area (Å²) < 4.78 is 7.24. The van der Waals surface area contributed by atoms with Crippen molar-refractivity contribution >= 4 is 11.8 Å². The normalized spacial score (nSPS) is 13.8. The highest BCUT2D eigenvalue weighted by Crippen LogP contribution is 2.29. The zero-order valence-corrected chi connectivity index (χ0v) is 19.4. The molecular weight excluding hydrogens is 390 g/mol. The Balaban J connectivity index is 1.74. The fourth-order valence-corrected chi connectivity index (χ4v) is 3.65. The van der Waals surface area contributed by atoms with Gasteiger partial charge in [0.1, 0.15) is 6.54 Å². The van der Waals surface area contributed by atoms with Crippen LogP contribution < -0.4 is 0 Å². The Morgan fingerprint density at radius 2 is 1.81 bits per heavy atom. The van der Waals surface area contributed by atoms with E-state index in [0.29, 0.717) is 25.3 Å². The summed E-state index contributed by atoms with van der Waals surface area (Å²) in [5.74, 6) is -0.153. The first kappa shape index (κ1) is 23.1. The van der Waals surface area contributed by atoms with Crippen LogP contribution in [-0.2, 0) is 28.5 Å². The predicted octanol–water partition coefficient (Wildman–Crippen LogP) is 3.60. The van der Waals surface area contributed by atoms with Crippen molar-refractivity contribution < 1.29 is 14.3 Å². The molecule has 31 heavy (non-hydrogen) atoms. The van der Waals surface area contributed by atoms with Gasteiger partial charge in [0.15, 0.2) is 0 Å². The molecule has 2 aromatic rings. The highest BCUT2D eigenvalue weighted by Gasteiger charge is 2.34. The van der Waals surface area contributed by atoms with E-state index in [9.17, 15) is 9.59 Å². The first-order valence-corrected chi connectivity index (χ1v) is 11.0. The minimum absolute atomic E-state index is 0.0144. The summed E-state index contributed by atoms with van der Waals surface area (Å²) >= 11 is 0. The van der Waals surface area contributed by atoms with Gasteiger partial charge in [-0.05, 0) is 48.1 Å². The fourth-order valence-electron chi connectivity index (χ4n) is 3.65. The number of benzene rings is 1. The van der Waals surface area contributed by atoms with E-state index in [1.807, 2.05) is 59.1 Å². The molecule has 1 aromatic carbocycles. The number of amides is 2. The summed E-state index contributed by atoms with van der Waals surface area (Å²) in [5.41, 5.74) is 2.88. The summed E-state index contributed by atoms with van der Waals surface area (Å²) in [7, 11) is 3.59. The molecule has 0 radical (unpaired) electrons. The quantitative estimate of drug-likeness (QED) is 0.617. The van der Waals surface area contributed by atoms with Crippen LogP contribution in [0.4, 0.5) is 0 Å². The van der Waals surface area contributed by atoms with Gasteiger partial charge in [-0.2, -0.15) is 0 Å². The van der Waals surface area contributed by atoms with Gasteiger partial charge < -0.3 is 19.1 Å². The molecule has 1 aliphatic rings. The summed E-state index contributed by atoms with van der Waals surface area (Å²) in [5, 5.41) is 0. The number of methoxy groups -OCH3 is 1. The van der Waals surface area contributed by atoms with Gasteiger partial charge in [0, 0.05) is 44.2 Å². The van der Waals surface area contributed by atoms with Crippen LogP contribution in [0.5, 0.6) is 0 Å². The number of aryl methyl sites for hydroxylation is 1. The number of rotatable bonds is 9. The largest absolute Gasteiger partial charge is 0.383 e. The number of carbonyl (C=O) groups is 2. The van der Waals surface area contributed by atoms with Crippen molar-refractivity contribution in [3.63, 3.8) is 0 Å². The van der Waals surface area contributed by atoms with Crippen LogP contribution in [0.1, 0.15) is 55.2 Å². The van der Waals surface area contributed by atoms with Crippen LogP contribution in [0.3, 0.4) is 0 Å². The van der Waals surface area contributed by atoms with Gasteiger partial charge in [0.05, 0.1) is 13.2 Å². The maximum Gasteiger partial charge on any atom is 0.254 e. The topological polar surface area (TPSA) is 54.8 Å². The van der Waals surface area contributed by atoms with E-state index in [1.165, 1.54) is 5.56 Å². The van der Waals surface area contributed by atoms with Gasteiger partial charge in [-0.1, -0.05) is 32.9 Å². The summed E-state index contributed by atoms with van der Waals surface area (Å²) in [6.07, 6.45) is 4.04. The van der Waals surface area contributed by atoms with E-state index in [4.69, 9.17) is 4.74 Å². The zero-order valence-electron chi connectivity index (χ0n) is 19.4. The molecule has 0 spiro atoms. The molecule has 2 amide bonds. The zero-order chi connectivity index (χ0) is 22.6. The lowest BCUT2D eigenvalue weighted by Gasteiger charge is -2.28. The molecule has 0 saturated heterocycles. The highest BCUT2D eigenvalue weighted by molar-refractivity contribution is 5.96. The molecule has 0 N–H and O–H groups in total. The van der Waals surface area contributed by atoms with E-state index in [1.54, 1.807) is 12.0 Å². The summed E-state index contributed by atoms with van der Waals surface area (Å²) in [4.78, 5) is 30.0. The van der Waals surface area contributed by atoms with Crippen LogP contribution in [0.15, 0.2) is 42.6 Å². The molecule has 1 saturated carbocycles. The first-order chi connectivity index (χ1) is 14.7. The Kier molecular flexibility index (Phi) is 7.21. The summed E-state index contributed by atoms with van der Waals surface area (Å²) in [6, 6.07) is 12.0. The second-order valence-corrected chi connectivity index (χ2v) is 9.41. The number of carbonyl (C=O) groups excluding carboxylic acids is 2. The van der Waals surface area contributed by atoms with Crippen LogP contribution in [-0.4, -0.2) is 59.0 Å². The second-order valence-electron chi connectivity index (χ2n) is 9.41. The maximum atomic E-state index is 13.2. The monoisotopic (exact) mass is 425 g/mol. The SMILES string of the molecule is COCCN(CC(=O)N(Cc1cccn1C)C1CC1)C(=O)c1ccc(C(C)(C)C)cc1. The van der Waals surface area contributed by atoms with Crippen molar-refractivity contribution in [1.82, 2.24) is 14.4 Å². The Morgan fingerprint density at radius 1 is 1.13 bits per heavy atom. The number of nitrogens with zero attached hydrogens (tertiary/aromatic N) is 3. The third-order valence-corrected chi connectivity index (χ3v) is 5.87. The average Bonchev–Trinajstić information content (AvgIpc) is 3.49. The van der Waals surface area contributed by atoms with E-state index < -0.39 is 0 Å². The van der Waals surface area contributed by atoms with Gasteiger partial charge in [-0.3, -0.25) is 9.59 Å². The van der Waals surface area contributed by atoms with Crippen molar-refractivity contribution in [2.45, 2.75) is 51.6 Å². The molecule has 0 aliphatic heterocycles. The molecule has 1 aliphatic carbocycles. The Bertz CT molecular complexity index is 891. The Labute approximate surface area is 185 Å². The van der Waals surface area contributed by atoms with Crippen LogP contribution in [0.2, 0.25) is 0 Å². The Morgan fingerprint density at radius 3 is 2.32 bits per heavy atom. The van der Waals surface area contributed by atoms with Crippen molar-refractivity contribution in [3.8, 4) is 0 Å². The molecule has 0 unspecified atom stereocenters. The third-order valence-electron chi connectivity index (χ3n) is 5.87. The Hall–Kier alpha value is -2.60. The van der Waals surface area contributed by atoms with E-state index >= 15 is 0 Å². The fraction of sp³-hybridized carbons (Fsp3) is 0.520. The lowest BCUT2D eigenvalue weighted by Crippen LogP contribution is -2.44. The third kappa shape index (κ3) is 5.97. The second kappa shape index (κ2) is 9.69. The number of ether oxygens (including phenoxy) is 1. The van der Waals surface area contributed by atoms with Crippen molar-refractivity contribution in [3.05, 3.63) is 59.4 Å². The van der Waals surface area contributed by atoms with Gasteiger partial charge >= 0.3 is 0 Å². The van der Waals surface area contributed by atoms with Crippen molar-refractivity contribution in [2.75, 3.05) is 26.8 Å². The molecule has 1 fully saturated rings. The van der Waals surface area contributed by atoms with Gasteiger partial charge in [0.2, 0.25) is 5.91 Å². The molecule has 1 aromatic heterocycles. The van der Waals surface area contributed by atoms with Crippen LogP contribution in [0, 0.1) is 0 Å². The lowest BCUT2D eigenvalue weighted by atomic mass is 9.86. The van der Waals surface area contributed by atoms with E-state index in [2.05, 4.69) is 20.8 Å². The standard InChI is InChI=1S/C25H35N3O3/c1-25(2,3)20-10-8-19(9-11-20)24(30)27(15-16-31-5)18-23(29)28(21-12-13-21)17-22-7-6-14-26(22)4/h6-11,14,21H,12-13,15-18H2,1-5H3.